The average Bonchev–Trinajstić information content (AvgIpc) is 3.49. The molecular weight excluding hydrogens is 636 g/mol. The summed E-state index contributed by atoms with van der Waals surface area (Å²) in [5.41, 5.74) is 3.08. The van der Waals surface area contributed by atoms with Gasteiger partial charge in [-0.2, -0.15) is 0 Å². The van der Waals surface area contributed by atoms with Gasteiger partial charge < -0.3 is 41.2 Å². The van der Waals surface area contributed by atoms with E-state index in [0.717, 1.165) is 16.8 Å². The minimum Gasteiger partial charge on any atom is -0.480 e. The van der Waals surface area contributed by atoms with Crippen LogP contribution >= 0.6 is 0 Å². The highest BCUT2D eigenvalue weighted by molar-refractivity contribution is 5.87. The molecule has 1 aromatic heterocycles. The van der Waals surface area contributed by atoms with Crippen LogP contribution in [0.1, 0.15) is 32.0 Å². The van der Waals surface area contributed by atoms with Gasteiger partial charge in [-0.3, -0.25) is 38.7 Å². The number of amides is 2. The Balaban J connectivity index is 0.000000490. The molecule has 0 radical (unpaired) electrons. The van der Waals surface area contributed by atoms with E-state index in [1.165, 1.54) is 6.92 Å². The fraction of sp³-hybridized carbons (Fsp3) is 0.606. The first kappa shape index (κ1) is 42.9. The first-order valence-corrected chi connectivity index (χ1v) is 16.4. The number of aliphatic carboxylic acids is 3. The minimum atomic E-state index is -0.957. The molecule has 1 saturated heterocycles. The molecule has 0 spiro atoms. The predicted octanol–water partition coefficient (Wildman–Crippen LogP) is -0.531. The van der Waals surface area contributed by atoms with Crippen LogP contribution in [-0.2, 0) is 30.4 Å². The Kier molecular flexibility index (Phi) is 21.1. The van der Waals surface area contributed by atoms with Gasteiger partial charge in [0.05, 0.1) is 19.6 Å². The second kappa shape index (κ2) is 24.1. The van der Waals surface area contributed by atoms with Gasteiger partial charge in [-0.05, 0) is 45.1 Å². The van der Waals surface area contributed by atoms with Crippen LogP contribution in [0.15, 0.2) is 30.5 Å². The zero-order chi connectivity index (χ0) is 36.8. The second-order valence-corrected chi connectivity index (χ2v) is 12.0. The Morgan fingerprint density at radius 1 is 0.837 bits per heavy atom. The SMILES string of the molecule is C/C=C\C=C(\C)c1cc(CC(NC(C)=O)C(=O)NCCNC)c[nH]1.CN1CCN(CC(=O)O)CCN(CC(=O)O)CCN(CC(=O)O)CC1. The molecule has 1 atom stereocenters. The first-order valence-electron chi connectivity index (χ1n) is 16.4. The van der Waals surface area contributed by atoms with Crippen LogP contribution in [0, 0.1) is 0 Å². The third kappa shape index (κ3) is 20.1. The number of H-pyrrole nitrogens is 1. The number of aromatic amines is 1. The van der Waals surface area contributed by atoms with E-state index in [2.05, 4.69) is 20.9 Å². The van der Waals surface area contributed by atoms with E-state index in [1.807, 2.05) is 63.3 Å². The Hall–Kier alpha value is -4.09. The van der Waals surface area contributed by atoms with Crippen LogP contribution in [0.5, 0.6) is 0 Å². The average molecular weight is 693 g/mol. The summed E-state index contributed by atoms with van der Waals surface area (Å²) >= 11 is 0. The van der Waals surface area contributed by atoms with Gasteiger partial charge >= 0.3 is 17.9 Å². The summed E-state index contributed by atoms with van der Waals surface area (Å²) in [5.74, 6) is -3.17. The van der Waals surface area contributed by atoms with E-state index in [9.17, 15) is 24.0 Å². The Morgan fingerprint density at radius 2 is 1.33 bits per heavy atom. The van der Waals surface area contributed by atoms with Crippen molar-refractivity contribution in [2.75, 3.05) is 99.2 Å². The second-order valence-electron chi connectivity index (χ2n) is 12.0. The summed E-state index contributed by atoms with van der Waals surface area (Å²) < 4.78 is 0. The van der Waals surface area contributed by atoms with Crippen LogP contribution in [0.2, 0.25) is 0 Å². The molecule has 2 rings (SSSR count). The van der Waals surface area contributed by atoms with Crippen molar-refractivity contribution in [3.05, 3.63) is 41.7 Å². The predicted molar refractivity (Wildman–Crippen MR) is 187 cm³/mol. The number of carbonyl (C=O) groups is 5. The smallest absolute Gasteiger partial charge is 0.317 e. The molecule has 1 unspecified atom stereocenters. The van der Waals surface area contributed by atoms with Crippen molar-refractivity contribution in [2.45, 2.75) is 33.2 Å². The number of aromatic nitrogens is 1. The molecule has 7 N–H and O–H groups in total. The summed E-state index contributed by atoms with van der Waals surface area (Å²) in [4.78, 5) is 67.2. The van der Waals surface area contributed by atoms with Crippen LogP contribution in [-0.4, -0.2) is 175 Å². The molecule has 16 heteroatoms. The summed E-state index contributed by atoms with van der Waals surface area (Å²) in [6.07, 6.45) is 8.28. The summed E-state index contributed by atoms with van der Waals surface area (Å²) in [6, 6.07) is 1.42. The molecule has 2 amide bonds. The highest BCUT2D eigenvalue weighted by atomic mass is 16.4. The highest BCUT2D eigenvalue weighted by Crippen LogP contribution is 2.15. The molecule has 49 heavy (non-hydrogen) atoms. The van der Waals surface area contributed by atoms with Gasteiger partial charge in [0.25, 0.3) is 0 Å². The minimum absolute atomic E-state index is 0.0834. The Labute approximate surface area is 289 Å². The van der Waals surface area contributed by atoms with Gasteiger partial charge in [-0.15, -0.1) is 0 Å². The van der Waals surface area contributed by atoms with E-state index in [-0.39, 0.29) is 31.4 Å². The molecule has 1 aromatic rings. The molecule has 1 aliphatic rings. The number of hydrogen-bond acceptors (Lipinski definition) is 10. The maximum Gasteiger partial charge on any atom is 0.317 e. The summed E-state index contributed by atoms with van der Waals surface area (Å²) in [7, 11) is 3.74. The zero-order valence-corrected chi connectivity index (χ0v) is 29.5. The number of carboxylic acids is 3. The molecule has 0 saturated carbocycles. The van der Waals surface area contributed by atoms with Gasteiger partial charge in [0, 0.05) is 90.7 Å². The molecule has 1 fully saturated rings. The molecule has 2 heterocycles. The topological polar surface area (TPSA) is 211 Å². The largest absolute Gasteiger partial charge is 0.480 e. The standard InChI is InChI=1S/C18H28N4O2.C15H28N4O6/c1-5-6-7-13(2)16-10-15(12-21-16)11-17(22-14(3)23)18(24)20-9-8-19-4;1-16-2-4-17(10-13(20)21)6-8-19(12-15(24)25)9-7-18(5-3-16)11-14(22)23/h5-7,10,12,17,19,21H,8-9,11H2,1-4H3,(H,20,24)(H,22,23);2-12H2,1H3,(H,20,21)(H,22,23)(H,24,25)/b6-5-,13-7-;. The fourth-order valence-electron chi connectivity index (χ4n) is 4.92. The molecule has 1 aliphatic heterocycles. The van der Waals surface area contributed by atoms with E-state index < -0.39 is 23.9 Å². The lowest BCUT2D eigenvalue weighted by atomic mass is 10.1. The fourth-order valence-corrected chi connectivity index (χ4v) is 4.92. The lowest BCUT2D eigenvalue weighted by Crippen LogP contribution is -2.48. The number of hydrogen-bond donors (Lipinski definition) is 7. The number of allylic oxidation sites excluding steroid dienone is 4. The van der Waals surface area contributed by atoms with Crippen molar-refractivity contribution >= 4 is 35.3 Å². The van der Waals surface area contributed by atoms with Gasteiger partial charge in [-0.25, -0.2) is 0 Å². The number of likely N-dealkylation sites (N-methyl/N-ethyl adjacent to an activating group) is 2. The monoisotopic (exact) mass is 692 g/mol. The maximum absolute atomic E-state index is 12.3. The van der Waals surface area contributed by atoms with Crippen LogP contribution in [0.3, 0.4) is 0 Å². The van der Waals surface area contributed by atoms with E-state index >= 15 is 0 Å². The lowest BCUT2D eigenvalue weighted by Gasteiger charge is -2.31. The van der Waals surface area contributed by atoms with Gasteiger partial charge in [0.2, 0.25) is 11.8 Å². The van der Waals surface area contributed by atoms with Crippen LogP contribution in [0.25, 0.3) is 5.57 Å². The molecule has 276 valence electrons. The van der Waals surface area contributed by atoms with Crippen molar-refractivity contribution in [2.24, 2.45) is 0 Å². The van der Waals surface area contributed by atoms with Gasteiger partial charge in [0.15, 0.2) is 0 Å². The van der Waals surface area contributed by atoms with Crippen molar-refractivity contribution < 1.29 is 39.3 Å². The number of nitrogens with one attached hydrogen (secondary N) is 4. The highest BCUT2D eigenvalue weighted by Gasteiger charge is 2.21. The van der Waals surface area contributed by atoms with Gasteiger partial charge in [-0.1, -0.05) is 18.2 Å². The summed E-state index contributed by atoms with van der Waals surface area (Å²) in [5, 5.41) is 35.6. The number of carbonyl (C=O) groups excluding carboxylic acids is 2. The summed E-state index contributed by atoms with van der Waals surface area (Å²) in [6.45, 7) is 10.5. The van der Waals surface area contributed by atoms with Crippen molar-refractivity contribution in [1.82, 2.24) is 40.5 Å². The molecule has 0 bridgehead atoms. The van der Waals surface area contributed by atoms with Crippen molar-refractivity contribution in [3.63, 3.8) is 0 Å². The molecule has 16 nitrogen and oxygen atoms in total. The first-order chi connectivity index (χ1) is 23.2. The molecule has 0 aromatic carbocycles. The van der Waals surface area contributed by atoms with Gasteiger partial charge in [0.1, 0.15) is 6.04 Å². The van der Waals surface area contributed by atoms with E-state index in [1.54, 1.807) is 14.7 Å². The van der Waals surface area contributed by atoms with Crippen molar-refractivity contribution in [1.29, 1.82) is 0 Å². The lowest BCUT2D eigenvalue weighted by molar-refractivity contribution is -0.140. The number of carboxylic acid groups (broad SMARTS) is 3. The number of rotatable bonds is 15. The number of nitrogens with zero attached hydrogens (tertiary/aromatic N) is 4. The molecular formula is C33H56N8O8. The van der Waals surface area contributed by atoms with Crippen molar-refractivity contribution in [3.8, 4) is 0 Å². The van der Waals surface area contributed by atoms with Crippen LogP contribution < -0.4 is 16.0 Å². The zero-order valence-electron chi connectivity index (χ0n) is 29.5. The molecule has 0 aliphatic carbocycles. The van der Waals surface area contributed by atoms with Crippen LogP contribution in [0.4, 0.5) is 0 Å². The third-order valence-corrected chi connectivity index (χ3v) is 7.65. The Bertz CT molecular complexity index is 1220. The Morgan fingerprint density at radius 3 is 1.76 bits per heavy atom. The quantitative estimate of drug-likeness (QED) is 0.0912. The van der Waals surface area contributed by atoms with E-state index in [0.29, 0.717) is 71.9 Å². The maximum atomic E-state index is 12.3. The third-order valence-electron chi connectivity index (χ3n) is 7.65. The van der Waals surface area contributed by atoms with E-state index in [4.69, 9.17) is 15.3 Å². The normalized spacial score (nSPS) is 16.9.